The molecule has 0 aliphatic carbocycles. The van der Waals surface area contributed by atoms with E-state index in [2.05, 4.69) is 32.1 Å². The fraction of sp³-hybridized carbons (Fsp3) is 0.692. The van der Waals surface area contributed by atoms with E-state index in [9.17, 15) is 0 Å². The van der Waals surface area contributed by atoms with E-state index in [1.165, 1.54) is 0 Å². The molecule has 0 aromatic carbocycles. The van der Waals surface area contributed by atoms with Crippen LogP contribution in [0.15, 0.2) is 6.07 Å². The Hall–Kier alpha value is -1.40. The summed E-state index contributed by atoms with van der Waals surface area (Å²) >= 11 is 0. The Morgan fingerprint density at radius 1 is 1.21 bits per heavy atom. The number of nitrogens with zero attached hydrogens (tertiary/aromatic N) is 4. The van der Waals surface area contributed by atoms with Gasteiger partial charge in [0.15, 0.2) is 0 Å². The highest BCUT2D eigenvalue weighted by molar-refractivity contribution is 5.44. The van der Waals surface area contributed by atoms with Crippen LogP contribution in [0.5, 0.6) is 0 Å². The molecule has 6 nitrogen and oxygen atoms in total. The number of aryl methyl sites for hydroxylation is 1. The van der Waals surface area contributed by atoms with Crippen molar-refractivity contribution >= 4 is 11.8 Å². The Balaban J connectivity index is 1.73. The molecule has 3 heterocycles. The second-order valence-electron chi connectivity index (χ2n) is 5.36. The van der Waals surface area contributed by atoms with Gasteiger partial charge in [-0.2, -0.15) is 4.98 Å². The van der Waals surface area contributed by atoms with Gasteiger partial charge >= 0.3 is 0 Å². The van der Waals surface area contributed by atoms with Crippen LogP contribution in [0.1, 0.15) is 5.69 Å². The predicted octanol–water partition coefficient (Wildman–Crippen LogP) is 0.348. The molecule has 0 amide bonds. The Morgan fingerprint density at radius 3 is 2.58 bits per heavy atom. The van der Waals surface area contributed by atoms with E-state index >= 15 is 0 Å². The van der Waals surface area contributed by atoms with Crippen molar-refractivity contribution in [1.29, 1.82) is 0 Å². The van der Waals surface area contributed by atoms with Crippen molar-refractivity contribution in [2.24, 2.45) is 0 Å². The summed E-state index contributed by atoms with van der Waals surface area (Å²) in [6.07, 6.45) is 0. The topological polar surface area (TPSA) is 53.5 Å². The Bertz CT molecular complexity index is 441. The summed E-state index contributed by atoms with van der Waals surface area (Å²) in [6.45, 7) is 7.68. The molecule has 6 heteroatoms. The van der Waals surface area contributed by atoms with Crippen molar-refractivity contribution in [3.63, 3.8) is 0 Å². The van der Waals surface area contributed by atoms with Gasteiger partial charge in [0.25, 0.3) is 0 Å². The van der Waals surface area contributed by atoms with Crippen molar-refractivity contribution in [1.82, 2.24) is 14.9 Å². The standard InChI is InChI=1S/C13H21N5O/c1-10-7-12(15-11-8-19-9-11)16-13(14-10)18-5-3-17(2)4-6-18/h7,11H,3-6,8-9H2,1-2H3,(H,14,15,16). The van der Waals surface area contributed by atoms with Crippen LogP contribution in [-0.4, -0.2) is 67.4 Å². The Kier molecular flexibility index (Phi) is 3.52. The first-order chi connectivity index (χ1) is 9.20. The largest absolute Gasteiger partial charge is 0.377 e. The number of hydrogen-bond donors (Lipinski definition) is 1. The number of hydrogen-bond acceptors (Lipinski definition) is 6. The average molecular weight is 263 g/mol. The molecule has 1 N–H and O–H groups in total. The van der Waals surface area contributed by atoms with Crippen LogP contribution in [-0.2, 0) is 4.74 Å². The summed E-state index contributed by atoms with van der Waals surface area (Å²) in [7, 11) is 2.15. The van der Waals surface area contributed by atoms with Crippen LogP contribution in [0.4, 0.5) is 11.8 Å². The van der Waals surface area contributed by atoms with Gasteiger partial charge in [-0.05, 0) is 14.0 Å². The van der Waals surface area contributed by atoms with E-state index in [0.29, 0.717) is 6.04 Å². The number of rotatable bonds is 3. The molecule has 2 aliphatic heterocycles. The molecule has 2 aliphatic rings. The van der Waals surface area contributed by atoms with E-state index < -0.39 is 0 Å². The highest BCUT2D eigenvalue weighted by Crippen LogP contribution is 2.17. The van der Waals surface area contributed by atoms with Crippen LogP contribution >= 0.6 is 0 Å². The summed E-state index contributed by atoms with van der Waals surface area (Å²) in [5.41, 5.74) is 1.01. The molecule has 19 heavy (non-hydrogen) atoms. The smallest absolute Gasteiger partial charge is 0.227 e. The molecule has 1 aromatic rings. The number of nitrogens with one attached hydrogen (secondary N) is 1. The van der Waals surface area contributed by atoms with Gasteiger partial charge < -0.3 is 19.9 Å². The van der Waals surface area contributed by atoms with Crippen LogP contribution < -0.4 is 10.2 Å². The van der Waals surface area contributed by atoms with Crippen molar-refractivity contribution < 1.29 is 4.74 Å². The van der Waals surface area contributed by atoms with Gasteiger partial charge in [-0.15, -0.1) is 0 Å². The molecule has 0 bridgehead atoms. The fourth-order valence-electron chi connectivity index (χ4n) is 2.30. The molecule has 104 valence electrons. The molecule has 0 spiro atoms. The zero-order chi connectivity index (χ0) is 13.2. The third-order valence-electron chi connectivity index (χ3n) is 3.62. The second-order valence-corrected chi connectivity index (χ2v) is 5.36. The maximum Gasteiger partial charge on any atom is 0.227 e. The van der Waals surface area contributed by atoms with E-state index in [4.69, 9.17) is 4.74 Å². The van der Waals surface area contributed by atoms with Crippen molar-refractivity contribution in [2.45, 2.75) is 13.0 Å². The lowest BCUT2D eigenvalue weighted by Gasteiger charge is -2.33. The van der Waals surface area contributed by atoms with E-state index in [1.54, 1.807) is 0 Å². The van der Waals surface area contributed by atoms with Gasteiger partial charge in [0, 0.05) is 37.9 Å². The zero-order valence-electron chi connectivity index (χ0n) is 11.6. The molecule has 0 unspecified atom stereocenters. The maximum atomic E-state index is 5.17. The molecule has 0 saturated carbocycles. The SMILES string of the molecule is Cc1cc(NC2COC2)nc(N2CCN(C)CC2)n1. The van der Waals surface area contributed by atoms with Crippen LogP contribution in [0.2, 0.25) is 0 Å². The molecule has 0 radical (unpaired) electrons. The molecule has 2 saturated heterocycles. The fourth-order valence-corrected chi connectivity index (χ4v) is 2.30. The third kappa shape index (κ3) is 2.96. The molecule has 1 aromatic heterocycles. The average Bonchev–Trinajstić information content (AvgIpc) is 2.34. The van der Waals surface area contributed by atoms with Gasteiger partial charge in [0.1, 0.15) is 5.82 Å². The first-order valence-corrected chi connectivity index (χ1v) is 6.84. The monoisotopic (exact) mass is 263 g/mol. The first kappa shape index (κ1) is 12.6. The van der Waals surface area contributed by atoms with Crippen molar-refractivity contribution in [3.8, 4) is 0 Å². The van der Waals surface area contributed by atoms with Gasteiger partial charge in [-0.1, -0.05) is 0 Å². The third-order valence-corrected chi connectivity index (χ3v) is 3.62. The van der Waals surface area contributed by atoms with Crippen LogP contribution in [0.25, 0.3) is 0 Å². The quantitative estimate of drug-likeness (QED) is 0.849. The summed E-state index contributed by atoms with van der Waals surface area (Å²) < 4.78 is 5.17. The molecule has 3 rings (SSSR count). The highest BCUT2D eigenvalue weighted by Gasteiger charge is 2.20. The molecular weight excluding hydrogens is 242 g/mol. The number of ether oxygens (including phenoxy) is 1. The summed E-state index contributed by atoms with van der Waals surface area (Å²) in [5.74, 6) is 1.76. The number of likely N-dealkylation sites (N-methyl/N-ethyl adjacent to an activating group) is 1. The Labute approximate surface area is 113 Å². The minimum atomic E-state index is 0.398. The zero-order valence-corrected chi connectivity index (χ0v) is 11.6. The highest BCUT2D eigenvalue weighted by atomic mass is 16.5. The first-order valence-electron chi connectivity index (χ1n) is 6.84. The van der Waals surface area contributed by atoms with E-state index in [1.807, 2.05) is 13.0 Å². The summed E-state index contributed by atoms with van der Waals surface area (Å²) in [5, 5.41) is 3.39. The molecule has 0 atom stereocenters. The second kappa shape index (κ2) is 5.30. The maximum absolute atomic E-state index is 5.17. The Morgan fingerprint density at radius 2 is 1.95 bits per heavy atom. The minimum absolute atomic E-state index is 0.398. The molecule has 2 fully saturated rings. The van der Waals surface area contributed by atoms with Gasteiger partial charge in [0.05, 0.1) is 19.3 Å². The lowest BCUT2D eigenvalue weighted by Crippen LogP contribution is -2.45. The molecular formula is C13H21N5O. The van der Waals surface area contributed by atoms with Gasteiger partial charge in [0.2, 0.25) is 5.95 Å². The number of piperazine rings is 1. The summed E-state index contributed by atoms with van der Waals surface area (Å²) in [6, 6.07) is 2.40. The van der Waals surface area contributed by atoms with Crippen molar-refractivity contribution in [2.75, 3.05) is 56.7 Å². The van der Waals surface area contributed by atoms with E-state index in [0.717, 1.165) is 56.9 Å². The van der Waals surface area contributed by atoms with Gasteiger partial charge in [-0.3, -0.25) is 0 Å². The van der Waals surface area contributed by atoms with Gasteiger partial charge in [-0.25, -0.2) is 4.98 Å². The number of aromatic nitrogens is 2. The van der Waals surface area contributed by atoms with Crippen LogP contribution in [0, 0.1) is 6.92 Å². The minimum Gasteiger partial charge on any atom is -0.377 e. The van der Waals surface area contributed by atoms with Crippen LogP contribution in [0.3, 0.4) is 0 Å². The normalized spacial score (nSPS) is 21.3. The van der Waals surface area contributed by atoms with E-state index in [-0.39, 0.29) is 0 Å². The summed E-state index contributed by atoms with van der Waals surface area (Å²) in [4.78, 5) is 13.8. The number of anilines is 2. The lowest BCUT2D eigenvalue weighted by atomic mass is 10.2. The lowest BCUT2D eigenvalue weighted by molar-refractivity contribution is 0.0209. The predicted molar refractivity (Wildman–Crippen MR) is 74.7 cm³/mol. The van der Waals surface area contributed by atoms with Crippen molar-refractivity contribution in [3.05, 3.63) is 11.8 Å².